The molecule has 41 heavy (non-hydrogen) atoms. The third-order valence-corrected chi connectivity index (χ3v) is 7.83. The first-order chi connectivity index (χ1) is 20.2. The van der Waals surface area contributed by atoms with Crippen LogP contribution in [-0.4, -0.2) is 15.0 Å². The van der Waals surface area contributed by atoms with E-state index in [4.69, 9.17) is 9.97 Å². The lowest BCUT2D eigenvalue weighted by Crippen LogP contribution is -1.97. The Morgan fingerprint density at radius 2 is 1.05 bits per heavy atom. The number of hydrogen-bond donors (Lipinski definition) is 0. The van der Waals surface area contributed by atoms with E-state index >= 15 is 0 Å². The Morgan fingerprint density at radius 3 is 1.80 bits per heavy atom. The van der Waals surface area contributed by atoms with Crippen molar-refractivity contribution in [3.8, 4) is 45.0 Å². The normalized spacial score (nSPS) is 11.5. The van der Waals surface area contributed by atoms with Crippen molar-refractivity contribution in [1.82, 2.24) is 15.0 Å². The lowest BCUT2D eigenvalue weighted by atomic mass is 9.91. The van der Waals surface area contributed by atoms with Crippen LogP contribution in [0.2, 0.25) is 0 Å². The summed E-state index contributed by atoms with van der Waals surface area (Å²) in [5, 5.41) is 7.31. The van der Waals surface area contributed by atoms with Gasteiger partial charge in [-0.1, -0.05) is 78.9 Å². The van der Waals surface area contributed by atoms with Crippen LogP contribution < -0.4 is 0 Å². The molecule has 8 rings (SSSR count). The van der Waals surface area contributed by atoms with Crippen LogP contribution in [0.5, 0.6) is 0 Å². The van der Waals surface area contributed by atoms with Gasteiger partial charge in [-0.15, -0.1) is 0 Å². The maximum atomic E-state index is 13.8. The third-order valence-electron chi connectivity index (χ3n) is 7.83. The summed E-state index contributed by atoms with van der Waals surface area (Å²) in [4.78, 5) is 14.2. The fourth-order valence-corrected chi connectivity index (χ4v) is 5.80. The molecule has 192 valence electrons. The van der Waals surface area contributed by atoms with E-state index in [-0.39, 0.29) is 5.82 Å². The van der Waals surface area contributed by atoms with Crippen LogP contribution in [0.1, 0.15) is 0 Å². The van der Waals surface area contributed by atoms with Crippen LogP contribution in [0.3, 0.4) is 0 Å². The van der Waals surface area contributed by atoms with E-state index in [2.05, 4.69) is 71.7 Å². The fourth-order valence-electron chi connectivity index (χ4n) is 5.80. The monoisotopic (exact) mass is 527 g/mol. The molecule has 0 saturated carbocycles. The highest BCUT2D eigenvalue weighted by atomic mass is 19.1. The van der Waals surface area contributed by atoms with Gasteiger partial charge in [0.1, 0.15) is 5.82 Å². The number of pyridine rings is 1. The minimum absolute atomic E-state index is 0.276. The maximum absolute atomic E-state index is 13.8. The molecule has 0 aliphatic carbocycles. The lowest BCUT2D eigenvalue weighted by molar-refractivity contribution is 0.628. The summed E-state index contributed by atoms with van der Waals surface area (Å²) >= 11 is 0. The van der Waals surface area contributed by atoms with Crippen molar-refractivity contribution in [3.05, 3.63) is 140 Å². The Balaban J connectivity index is 1.34. The van der Waals surface area contributed by atoms with E-state index in [9.17, 15) is 4.39 Å². The lowest BCUT2D eigenvalue weighted by Gasteiger charge is -2.15. The highest BCUT2D eigenvalue weighted by Crippen LogP contribution is 2.39. The smallest absolute Gasteiger partial charge is 0.160 e. The summed E-state index contributed by atoms with van der Waals surface area (Å²) in [6.07, 6.45) is 3.59. The van der Waals surface area contributed by atoms with Crippen molar-refractivity contribution >= 4 is 32.3 Å². The predicted octanol–water partition coefficient (Wildman–Crippen LogP) is 9.58. The molecule has 0 saturated heterocycles. The van der Waals surface area contributed by atoms with E-state index in [0.717, 1.165) is 44.6 Å². The molecular formula is C37H22FN3. The van der Waals surface area contributed by atoms with Gasteiger partial charge in [0.25, 0.3) is 0 Å². The topological polar surface area (TPSA) is 38.7 Å². The van der Waals surface area contributed by atoms with Gasteiger partial charge in [0.15, 0.2) is 5.82 Å². The molecule has 0 N–H and O–H groups in total. The molecule has 0 amide bonds. The SMILES string of the molecule is Fc1ccc(-c2cc(-c3ccc4ccc5cccc6ccc3c4c56)nc(-c3ccc(-c4ccncc4)cc3)n2)cc1. The summed E-state index contributed by atoms with van der Waals surface area (Å²) in [7, 11) is 0. The molecule has 0 unspecified atom stereocenters. The Hall–Kier alpha value is -5.48. The minimum Gasteiger partial charge on any atom is -0.265 e. The van der Waals surface area contributed by atoms with Gasteiger partial charge in [-0.3, -0.25) is 4.98 Å². The first kappa shape index (κ1) is 23.4. The summed E-state index contributed by atoms with van der Waals surface area (Å²) in [5.41, 5.74) is 6.54. The molecule has 3 nitrogen and oxygen atoms in total. The maximum Gasteiger partial charge on any atom is 0.160 e. The van der Waals surface area contributed by atoms with Crippen LogP contribution in [0.4, 0.5) is 4.39 Å². The zero-order valence-electron chi connectivity index (χ0n) is 21.9. The molecular weight excluding hydrogens is 505 g/mol. The zero-order valence-corrected chi connectivity index (χ0v) is 21.9. The molecule has 8 aromatic rings. The minimum atomic E-state index is -0.276. The predicted molar refractivity (Wildman–Crippen MR) is 165 cm³/mol. The number of benzene rings is 6. The molecule has 0 bridgehead atoms. The quantitative estimate of drug-likeness (QED) is 0.214. The highest BCUT2D eigenvalue weighted by Gasteiger charge is 2.16. The van der Waals surface area contributed by atoms with Crippen LogP contribution in [-0.2, 0) is 0 Å². The standard InChI is InChI=1S/C37H22FN3/c38-30-14-10-25(11-15-30)33-22-34(41-37(40-33)29-8-4-23(5-9-29)24-18-20-39-21-19-24)31-16-12-28-7-6-26-2-1-3-27-13-17-32(31)36(28)35(26)27/h1-22H. The Kier molecular flexibility index (Phi) is 5.32. The number of nitrogens with zero attached hydrogens (tertiary/aromatic N) is 3. The molecule has 0 fully saturated rings. The molecule has 0 spiro atoms. The second-order valence-electron chi connectivity index (χ2n) is 10.3. The third kappa shape index (κ3) is 4.00. The summed E-state index contributed by atoms with van der Waals surface area (Å²) in [6.45, 7) is 0. The van der Waals surface area contributed by atoms with Crippen LogP contribution >= 0.6 is 0 Å². The van der Waals surface area contributed by atoms with Gasteiger partial charge in [0.2, 0.25) is 0 Å². The van der Waals surface area contributed by atoms with Gasteiger partial charge >= 0.3 is 0 Å². The van der Waals surface area contributed by atoms with E-state index in [1.165, 1.54) is 39.1 Å². The van der Waals surface area contributed by atoms with E-state index in [1.807, 2.05) is 30.3 Å². The van der Waals surface area contributed by atoms with Gasteiger partial charge in [-0.25, -0.2) is 14.4 Å². The molecule has 2 aromatic heterocycles. The summed E-state index contributed by atoms with van der Waals surface area (Å²) in [5.74, 6) is 0.343. The van der Waals surface area contributed by atoms with Gasteiger partial charge in [-0.2, -0.15) is 0 Å². The number of hydrogen-bond acceptors (Lipinski definition) is 3. The highest BCUT2D eigenvalue weighted by molar-refractivity contribution is 6.25. The van der Waals surface area contributed by atoms with Crippen molar-refractivity contribution in [3.63, 3.8) is 0 Å². The Labute approximate surface area is 236 Å². The Morgan fingerprint density at radius 1 is 0.463 bits per heavy atom. The Bertz CT molecular complexity index is 2170. The second-order valence-corrected chi connectivity index (χ2v) is 10.3. The first-order valence-corrected chi connectivity index (χ1v) is 13.5. The largest absolute Gasteiger partial charge is 0.265 e. The van der Waals surface area contributed by atoms with Crippen LogP contribution in [0.25, 0.3) is 77.3 Å². The number of halogens is 1. The fraction of sp³-hybridized carbons (Fsp3) is 0. The van der Waals surface area contributed by atoms with Crippen molar-refractivity contribution in [2.24, 2.45) is 0 Å². The average Bonchev–Trinajstić information content (AvgIpc) is 3.04. The first-order valence-electron chi connectivity index (χ1n) is 13.5. The van der Waals surface area contributed by atoms with Crippen LogP contribution in [0, 0.1) is 5.82 Å². The molecule has 6 aromatic carbocycles. The van der Waals surface area contributed by atoms with Gasteiger partial charge in [0.05, 0.1) is 11.4 Å². The number of aromatic nitrogens is 3. The van der Waals surface area contributed by atoms with Crippen molar-refractivity contribution in [1.29, 1.82) is 0 Å². The molecule has 2 heterocycles. The van der Waals surface area contributed by atoms with Crippen LogP contribution in [0.15, 0.2) is 134 Å². The molecule has 4 heteroatoms. The van der Waals surface area contributed by atoms with Gasteiger partial charge in [0, 0.05) is 29.1 Å². The second kappa shape index (κ2) is 9.32. The summed E-state index contributed by atoms with van der Waals surface area (Å²) < 4.78 is 13.8. The molecule has 0 radical (unpaired) electrons. The zero-order chi connectivity index (χ0) is 27.3. The average molecular weight is 528 g/mol. The van der Waals surface area contributed by atoms with Crippen molar-refractivity contribution in [2.45, 2.75) is 0 Å². The molecule has 0 aliphatic rings. The van der Waals surface area contributed by atoms with E-state index < -0.39 is 0 Å². The van der Waals surface area contributed by atoms with Crippen molar-refractivity contribution in [2.75, 3.05) is 0 Å². The number of rotatable bonds is 4. The van der Waals surface area contributed by atoms with E-state index in [0.29, 0.717) is 5.82 Å². The van der Waals surface area contributed by atoms with E-state index in [1.54, 1.807) is 24.5 Å². The van der Waals surface area contributed by atoms with Crippen molar-refractivity contribution < 1.29 is 4.39 Å². The molecule has 0 atom stereocenters. The molecule has 0 aliphatic heterocycles. The summed E-state index contributed by atoms with van der Waals surface area (Å²) in [6, 6.07) is 40.2. The van der Waals surface area contributed by atoms with Gasteiger partial charge < -0.3 is 0 Å². The van der Waals surface area contributed by atoms with Gasteiger partial charge in [-0.05, 0) is 85.9 Å².